The van der Waals surface area contributed by atoms with Crippen LogP contribution in [0.15, 0.2) is 30.9 Å². The summed E-state index contributed by atoms with van der Waals surface area (Å²) in [4.78, 5) is 25.0. The maximum atomic E-state index is 12.7. The Morgan fingerprint density at radius 3 is 2.71 bits per heavy atom. The number of hydrogen-bond donors (Lipinski definition) is 1. The molecule has 0 aromatic carbocycles. The molecular formula is C17H20N6O4S. The van der Waals surface area contributed by atoms with E-state index in [-0.39, 0.29) is 18.1 Å². The number of aromatic nitrogens is 5. The van der Waals surface area contributed by atoms with E-state index in [4.69, 9.17) is 4.74 Å². The first kappa shape index (κ1) is 19.7. The summed E-state index contributed by atoms with van der Waals surface area (Å²) in [7, 11) is -1.57. The topological polar surface area (TPSA) is 129 Å². The summed E-state index contributed by atoms with van der Waals surface area (Å²) in [6, 6.07) is 3.46. The van der Waals surface area contributed by atoms with E-state index in [0.29, 0.717) is 16.9 Å². The number of amides is 1. The first-order chi connectivity index (χ1) is 13.2. The van der Waals surface area contributed by atoms with Crippen LogP contribution in [0.25, 0.3) is 11.0 Å². The van der Waals surface area contributed by atoms with Gasteiger partial charge in [0.25, 0.3) is 5.91 Å². The third-order valence-electron chi connectivity index (χ3n) is 3.95. The lowest BCUT2D eigenvalue weighted by Crippen LogP contribution is -2.35. The summed E-state index contributed by atoms with van der Waals surface area (Å²) in [6.07, 6.45) is 4.42. The number of sulfone groups is 1. The van der Waals surface area contributed by atoms with Crippen LogP contribution >= 0.6 is 0 Å². The highest BCUT2D eigenvalue weighted by atomic mass is 32.2. The molecule has 3 heterocycles. The number of carbonyl (C=O) groups is 1. The molecule has 1 unspecified atom stereocenters. The Hall–Kier alpha value is -3.08. The van der Waals surface area contributed by atoms with Gasteiger partial charge in [0.1, 0.15) is 27.4 Å². The third kappa shape index (κ3) is 4.80. The van der Waals surface area contributed by atoms with Crippen molar-refractivity contribution in [2.75, 3.05) is 17.3 Å². The van der Waals surface area contributed by atoms with Gasteiger partial charge in [0, 0.05) is 25.9 Å². The van der Waals surface area contributed by atoms with Crippen molar-refractivity contribution in [1.29, 1.82) is 0 Å². The lowest BCUT2D eigenvalue weighted by atomic mass is 10.2. The monoisotopic (exact) mass is 404 g/mol. The molecule has 0 bridgehead atoms. The number of pyridine rings is 1. The van der Waals surface area contributed by atoms with Crippen molar-refractivity contribution >= 4 is 32.6 Å². The van der Waals surface area contributed by atoms with Gasteiger partial charge in [0.15, 0.2) is 11.8 Å². The standard InChI is InChI=1S/C17H20N6O4S/c1-11-4-5-14(18-8-11)22-16(24)13(6-7-28(3,25)26)27-17-12-9-21-23(2)15(12)19-10-20-17/h4-5,8-10,13H,6-7H2,1-3H3,(H,18,22,24). The molecule has 28 heavy (non-hydrogen) atoms. The van der Waals surface area contributed by atoms with Crippen LogP contribution in [0.2, 0.25) is 0 Å². The van der Waals surface area contributed by atoms with Crippen LogP contribution in [0.1, 0.15) is 12.0 Å². The maximum absolute atomic E-state index is 12.7. The van der Waals surface area contributed by atoms with E-state index in [1.165, 1.54) is 12.5 Å². The predicted octanol–water partition coefficient (Wildman–Crippen LogP) is 0.888. The number of aryl methyl sites for hydroxylation is 2. The number of carbonyl (C=O) groups excluding carboxylic acids is 1. The van der Waals surface area contributed by atoms with Crippen molar-refractivity contribution in [3.8, 4) is 5.88 Å². The molecule has 148 valence electrons. The Balaban J connectivity index is 1.85. The van der Waals surface area contributed by atoms with Crippen LogP contribution in [-0.4, -0.2) is 57.2 Å². The van der Waals surface area contributed by atoms with Crippen molar-refractivity contribution in [2.45, 2.75) is 19.4 Å². The summed E-state index contributed by atoms with van der Waals surface area (Å²) < 4.78 is 30.5. The Kier molecular flexibility index (Phi) is 5.54. The van der Waals surface area contributed by atoms with Gasteiger partial charge in [-0.25, -0.2) is 23.4 Å². The molecule has 0 aliphatic carbocycles. The first-order valence-electron chi connectivity index (χ1n) is 8.43. The zero-order valence-corrected chi connectivity index (χ0v) is 16.5. The van der Waals surface area contributed by atoms with Gasteiger partial charge < -0.3 is 10.1 Å². The largest absolute Gasteiger partial charge is 0.464 e. The van der Waals surface area contributed by atoms with Crippen molar-refractivity contribution < 1.29 is 17.9 Å². The highest BCUT2D eigenvalue weighted by Crippen LogP contribution is 2.22. The lowest BCUT2D eigenvalue weighted by molar-refractivity contribution is -0.122. The molecule has 3 aromatic heterocycles. The van der Waals surface area contributed by atoms with E-state index in [0.717, 1.165) is 11.8 Å². The van der Waals surface area contributed by atoms with Crippen LogP contribution in [0.5, 0.6) is 5.88 Å². The molecule has 1 N–H and O–H groups in total. The van der Waals surface area contributed by atoms with E-state index in [9.17, 15) is 13.2 Å². The van der Waals surface area contributed by atoms with E-state index in [1.807, 2.05) is 6.92 Å². The molecule has 0 spiro atoms. The molecule has 1 atom stereocenters. The molecule has 0 aliphatic heterocycles. The van der Waals surface area contributed by atoms with Gasteiger partial charge in [-0.2, -0.15) is 5.10 Å². The summed E-state index contributed by atoms with van der Waals surface area (Å²) >= 11 is 0. The molecular weight excluding hydrogens is 384 g/mol. The second kappa shape index (κ2) is 7.89. The Bertz CT molecular complexity index is 1090. The Labute approximate surface area is 161 Å². The molecule has 10 nitrogen and oxygen atoms in total. The van der Waals surface area contributed by atoms with Crippen molar-refractivity contribution in [2.24, 2.45) is 7.05 Å². The van der Waals surface area contributed by atoms with Gasteiger partial charge in [0.2, 0.25) is 5.88 Å². The summed E-state index contributed by atoms with van der Waals surface area (Å²) in [5.41, 5.74) is 1.48. The number of hydrogen-bond acceptors (Lipinski definition) is 8. The zero-order valence-electron chi connectivity index (χ0n) is 15.7. The second-order valence-electron chi connectivity index (χ2n) is 6.42. The Morgan fingerprint density at radius 2 is 2.04 bits per heavy atom. The number of nitrogens with zero attached hydrogens (tertiary/aromatic N) is 5. The van der Waals surface area contributed by atoms with Gasteiger partial charge in [0.05, 0.1) is 11.9 Å². The van der Waals surface area contributed by atoms with Crippen molar-refractivity contribution in [3.05, 3.63) is 36.4 Å². The van der Waals surface area contributed by atoms with E-state index in [1.54, 1.807) is 30.1 Å². The van der Waals surface area contributed by atoms with Gasteiger partial charge >= 0.3 is 0 Å². The summed E-state index contributed by atoms with van der Waals surface area (Å²) in [5.74, 6) is -0.231. The molecule has 0 aliphatic rings. The molecule has 0 saturated heterocycles. The van der Waals surface area contributed by atoms with Gasteiger partial charge in [-0.05, 0) is 18.6 Å². The van der Waals surface area contributed by atoms with Crippen LogP contribution < -0.4 is 10.1 Å². The van der Waals surface area contributed by atoms with Crippen LogP contribution in [0.3, 0.4) is 0 Å². The molecule has 0 radical (unpaired) electrons. The fraction of sp³-hybridized carbons (Fsp3) is 0.353. The summed E-state index contributed by atoms with van der Waals surface area (Å²) in [5, 5.41) is 7.27. The first-order valence-corrected chi connectivity index (χ1v) is 10.5. The smallest absolute Gasteiger partial charge is 0.266 e. The van der Waals surface area contributed by atoms with Gasteiger partial charge in [-0.15, -0.1) is 0 Å². The molecule has 0 fully saturated rings. The fourth-order valence-corrected chi connectivity index (χ4v) is 3.12. The van der Waals surface area contributed by atoms with Crippen molar-refractivity contribution in [1.82, 2.24) is 24.7 Å². The average molecular weight is 404 g/mol. The van der Waals surface area contributed by atoms with Crippen LogP contribution in [0, 0.1) is 6.92 Å². The minimum Gasteiger partial charge on any atom is -0.464 e. The van der Waals surface area contributed by atoms with E-state index >= 15 is 0 Å². The van der Waals surface area contributed by atoms with Crippen LogP contribution in [-0.2, 0) is 21.7 Å². The normalized spacial score (nSPS) is 12.7. The molecule has 0 saturated carbocycles. The van der Waals surface area contributed by atoms with Crippen LogP contribution in [0.4, 0.5) is 5.82 Å². The van der Waals surface area contributed by atoms with Gasteiger partial charge in [-0.3, -0.25) is 9.48 Å². The lowest BCUT2D eigenvalue weighted by Gasteiger charge is -2.18. The minimum absolute atomic E-state index is 0.0394. The number of fused-ring (bicyclic) bond motifs is 1. The molecule has 1 amide bonds. The van der Waals surface area contributed by atoms with Crippen molar-refractivity contribution in [3.63, 3.8) is 0 Å². The third-order valence-corrected chi connectivity index (χ3v) is 4.93. The highest BCUT2D eigenvalue weighted by molar-refractivity contribution is 7.90. The number of nitrogens with one attached hydrogen (secondary N) is 1. The fourth-order valence-electron chi connectivity index (χ4n) is 2.48. The SMILES string of the molecule is Cc1ccc(NC(=O)C(CCS(C)(=O)=O)Oc2ncnc3c2cnn3C)nc1. The quantitative estimate of drug-likeness (QED) is 0.615. The predicted molar refractivity (Wildman–Crippen MR) is 103 cm³/mol. The average Bonchev–Trinajstić information content (AvgIpc) is 3.02. The number of rotatable bonds is 7. The maximum Gasteiger partial charge on any atom is 0.266 e. The molecule has 11 heteroatoms. The van der Waals surface area contributed by atoms with E-state index < -0.39 is 21.8 Å². The van der Waals surface area contributed by atoms with Gasteiger partial charge in [-0.1, -0.05) is 6.07 Å². The molecule has 3 rings (SSSR count). The molecule has 3 aromatic rings. The number of ether oxygens (including phenoxy) is 1. The van der Waals surface area contributed by atoms with E-state index in [2.05, 4.69) is 25.4 Å². The summed E-state index contributed by atoms with van der Waals surface area (Å²) in [6.45, 7) is 1.88. The number of anilines is 1. The second-order valence-corrected chi connectivity index (χ2v) is 8.68. The minimum atomic E-state index is -3.29. The zero-order chi connectivity index (χ0) is 20.3. The highest BCUT2D eigenvalue weighted by Gasteiger charge is 2.25. The Morgan fingerprint density at radius 1 is 1.25 bits per heavy atom.